The highest BCUT2D eigenvalue weighted by Crippen LogP contribution is 2.13. The Bertz CT molecular complexity index is 519. The van der Waals surface area contributed by atoms with Gasteiger partial charge >= 0.3 is 0 Å². The molecular formula is C14H17N3O. The lowest BCUT2D eigenvalue weighted by Crippen LogP contribution is -2.22. The molecule has 1 aromatic heterocycles. The van der Waals surface area contributed by atoms with E-state index in [1.807, 2.05) is 48.1 Å². The molecule has 0 saturated carbocycles. The van der Waals surface area contributed by atoms with E-state index >= 15 is 0 Å². The molecule has 0 saturated heterocycles. The summed E-state index contributed by atoms with van der Waals surface area (Å²) < 4.78 is 1.92. The van der Waals surface area contributed by atoms with E-state index in [1.54, 1.807) is 6.20 Å². The summed E-state index contributed by atoms with van der Waals surface area (Å²) in [7, 11) is 1.92. The minimum atomic E-state index is -0.536. The highest BCUT2D eigenvalue weighted by Gasteiger charge is 2.15. The van der Waals surface area contributed by atoms with Crippen molar-refractivity contribution < 1.29 is 4.79 Å². The molecule has 2 N–H and O–H groups in total. The third-order valence-corrected chi connectivity index (χ3v) is 3.02. The Morgan fingerprint density at radius 1 is 1.39 bits per heavy atom. The molecule has 0 amide bonds. The average molecular weight is 243 g/mol. The monoisotopic (exact) mass is 243 g/mol. The normalized spacial score (nSPS) is 12.3. The van der Waals surface area contributed by atoms with Crippen LogP contribution < -0.4 is 5.73 Å². The number of carbonyl (C=O) groups excluding carboxylic acids is 1. The number of benzene rings is 1. The van der Waals surface area contributed by atoms with E-state index in [0.29, 0.717) is 12.8 Å². The second-order valence-electron chi connectivity index (χ2n) is 4.31. The van der Waals surface area contributed by atoms with Crippen molar-refractivity contribution in [2.45, 2.75) is 18.9 Å². The smallest absolute Gasteiger partial charge is 0.154 e. The number of hydrogen-bond acceptors (Lipinski definition) is 3. The van der Waals surface area contributed by atoms with Crippen molar-refractivity contribution in [1.29, 1.82) is 0 Å². The molecule has 0 spiro atoms. The van der Waals surface area contributed by atoms with Crippen molar-refractivity contribution in [2.24, 2.45) is 12.8 Å². The summed E-state index contributed by atoms with van der Waals surface area (Å²) in [6, 6.07) is 8.91. The SMILES string of the molecule is Cn1ccnc1CCC(=O)C(N)c1ccccc1. The van der Waals surface area contributed by atoms with Gasteiger partial charge in [-0.1, -0.05) is 30.3 Å². The summed E-state index contributed by atoms with van der Waals surface area (Å²) in [5, 5.41) is 0. The van der Waals surface area contributed by atoms with Crippen LogP contribution in [0, 0.1) is 0 Å². The van der Waals surface area contributed by atoms with Gasteiger partial charge in [0, 0.05) is 32.3 Å². The molecule has 94 valence electrons. The van der Waals surface area contributed by atoms with E-state index in [4.69, 9.17) is 5.73 Å². The molecule has 0 bridgehead atoms. The maximum atomic E-state index is 12.0. The fraction of sp³-hybridized carbons (Fsp3) is 0.286. The molecule has 2 aromatic rings. The number of ketones is 1. The third kappa shape index (κ3) is 2.84. The van der Waals surface area contributed by atoms with Gasteiger partial charge in [-0.2, -0.15) is 0 Å². The number of rotatable bonds is 5. The summed E-state index contributed by atoms with van der Waals surface area (Å²) in [4.78, 5) is 16.2. The number of Topliss-reactive ketones (excluding diaryl/α,β-unsaturated/α-hetero) is 1. The Labute approximate surface area is 106 Å². The van der Waals surface area contributed by atoms with Crippen LogP contribution in [0.5, 0.6) is 0 Å². The Morgan fingerprint density at radius 3 is 2.72 bits per heavy atom. The lowest BCUT2D eigenvalue weighted by molar-refractivity contribution is -0.120. The zero-order valence-corrected chi connectivity index (χ0v) is 10.4. The Hall–Kier alpha value is -1.94. The Balaban J connectivity index is 1.95. The second-order valence-corrected chi connectivity index (χ2v) is 4.31. The van der Waals surface area contributed by atoms with Gasteiger partial charge in [-0.3, -0.25) is 4.79 Å². The summed E-state index contributed by atoms with van der Waals surface area (Å²) >= 11 is 0. The Kier molecular flexibility index (Phi) is 3.89. The molecule has 18 heavy (non-hydrogen) atoms. The van der Waals surface area contributed by atoms with Crippen LogP contribution in [0.2, 0.25) is 0 Å². The predicted molar refractivity (Wildman–Crippen MR) is 69.9 cm³/mol. The first-order valence-corrected chi connectivity index (χ1v) is 5.98. The zero-order chi connectivity index (χ0) is 13.0. The highest BCUT2D eigenvalue weighted by atomic mass is 16.1. The quantitative estimate of drug-likeness (QED) is 0.868. The summed E-state index contributed by atoms with van der Waals surface area (Å²) in [6.45, 7) is 0. The molecule has 0 radical (unpaired) electrons. The van der Waals surface area contributed by atoms with Crippen molar-refractivity contribution >= 4 is 5.78 Å². The van der Waals surface area contributed by atoms with Crippen LogP contribution in [0.1, 0.15) is 23.9 Å². The lowest BCUT2D eigenvalue weighted by atomic mass is 10.0. The van der Waals surface area contributed by atoms with Crippen LogP contribution in [0.15, 0.2) is 42.7 Å². The van der Waals surface area contributed by atoms with Gasteiger partial charge in [0.2, 0.25) is 0 Å². The van der Waals surface area contributed by atoms with Gasteiger partial charge in [-0.15, -0.1) is 0 Å². The molecule has 0 fully saturated rings. The molecule has 1 unspecified atom stereocenters. The van der Waals surface area contributed by atoms with Gasteiger partial charge in [-0.05, 0) is 5.56 Å². The van der Waals surface area contributed by atoms with Gasteiger partial charge in [-0.25, -0.2) is 4.98 Å². The highest BCUT2D eigenvalue weighted by molar-refractivity contribution is 5.85. The zero-order valence-electron chi connectivity index (χ0n) is 10.4. The molecule has 0 aliphatic carbocycles. The van der Waals surface area contributed by atoms with E-state index in [-0.39, 0.29) is 5.78 Å². The molecule has 4 heteroatoms. The minimum absolute atomic E-state index is 0.0456. The van der Waals surface area contributed by atoms with E-state index in [9.17, 15) is 4.79 Å². The van der Waals surface area contributed by atoms with Gasteiger partial charge in [0.15, 0.2) is 5.78 Å². The molecule has 1 heterocycles. The molecule has 4 nitrogen and oxygen atoms in total. The maximum absolute atomic E-state index is 12.0. The lowest BCUT2D eigenvalue weighted by Gasteiger charge is -2.10. The standard InChI is InChI=1S/C14H17N3O/c1-17-10-9-16-13(17)8-7-12(18)14(15)11-5-3-2-4-6-11/h2-6,9-10,14H,7-8,15H2,1H3. The van der Waals surface area contributed by atoms with Crippen molar-refractivity contribution in [2.75, 3.05) is 0 Å². The van der Waals surface area contributed by atoms with Gasteiger partial charge in [0.25, 0.3) is 0 Å². The van der Waals surface area contributed by atoms with Crippen LogP contribution in [0.3, 0.4) is 0 Å². The van der Waals surface area contributed by atoms with Crippen LogP contribution in [0.25, 0.3) is 0 Å². The van der Waals surface area contributed by atoms with Crippen molar-refractivity contribution in [1.82, 2.24) is 9.55 Å². The number of carbonyl (C=O) groups is 1. The first kappa shape index (κ1) is 12.5. The second kappa shape index (κ2) is 5.60. The summed E-state index contributed by atoms with van der Waals surface area (Å²) in [5.41, 5.74) is 6.80. The van der Waals surface area contributed by atoms with E-state index in [1.165, 1.54) is 0 Å². The number of hydrogen-bond donors (Lipinski definition) is 1. The van der Waals surface area contributed by atoms with Gasteiger partial charge in [0.1, 0.15) is 5.82 Å². The molecule has 2 rings (SSSR count). The van der Waals surface area contributed by atoms with Crippen LogP contribution in [-0.4, -0.2) is 15.3 Å². The molecular weight excluding hydrogens is 226 g/mol. The topological polar surface area (TPSA) is 60.9 Å². The van der Waals surface area contributed by atoms with Crippen molar-refractivity contribution in [3.8, 4) is 0 Å². The van der Waals surface area contributed by atoms with Gasteiger partial charge in [0.05, 0.1) is 6.04 Å². The molecule has 0 aliphatic rings. The predicted octanol–water partition coefficient (Wildman–Crippen LogP) is 1.62. The number of aromatic nitrogens is 2. The molecule has 1 aromatic carbocycles. The first-order valence-electron chi connectivity index (χ1n) is 5.98. The van der Waals surface area contributed by atoms with E-state index in [0.717, 1.165) is 11.4 Å². The maximum Gasteiger partial charge on any atom is 0.154 e. The van der Waals surface area contributed by atoms with E-state index in [2.05, 4.69) is 4.98 Å². The largest absolute Gasteiger partial charge is 0.338 e. The van der Waals surface area contributed by atoms with Crippen molar-refractivity contribution in [3.63, 3.8) is 0 Å². The fourth-order valence-corrected chi connectivity index (χ4v) is 1.87. The number of nitrogens with two attached hydrogens (primary N) is 1. The van der Waals surface area contributed by atoms with E-state index < -0.39 is 6.04 Å². The number of aryl methyl sites for hydroxylation is 2. The van der Waals surface area contributed by atoms with Crippen LogP contribution >= 0.6 is 0 Å². The number of imidazole rings is 1. The van der Waals surface area contributed by atoms with Crippen molar-refractivity contribution in [3.05, 3.63) is 54.1 Å². The average Bonchev–Trinajstić information content (AvgIpc) is 2.81. The molecule has 0 aliphatic heterocycles. The fourth-order valence-electron chi connectivity index (χ4n) is 1.87. The third-order valence-electron chi connectivity index (χ3n) is 3.02. The van der Waals surface area contributed by atoms with Crippen LogP contribution in [-0.2, 0) is 18.3 Å². The van der Waals surface area contributed by atoms with Crippen LogP contribution in [0.4, 0.5) is 0 Å². The Morgan fingerprint density at radius 2 is 2.11 bits per heavy atom. The minimum Gasteiger partial charge on any atom is -0.338 e. The number of nitrogens with zero attached hydrogens (tertiary/aromatic N) is 2. The summed E-state index contributed by atoms with van der Waals surface area (Å²) in [6.07, 6.45) is 4.65. The summed E-state index contributed by atoms with van der Waals surface area (Å²) in [5.74, 6) is 0.952. The van der Waals surface area contributed by atoms with Gasteiger partial charge < -0.3 is 10.3 Å². The first-order chi connectivity index (χ1) is 8.68. The molecule has 1 atom stereocenters.